The van der Waals surface area contributed by atoms with Gasteiger partial charge in [0.15, 0.2) is 5.82 Å². The second kappa shape index (κ2) is 8.91. The van der Waals surface area contributed by atoms with E-state index in [4.69, 9.17) is 4.74 Å². The molecule has 1 aromatic carbocycles. The number of nitrogens with zero attached hydrogens (tertiary/aromatic N) is 7. The van der Waals surface area contributed by atoms with E-state index < -0.39 is 12.0 Å². The minimum absolute atomic E-state index is 0.136. The molecule has 1 aliphatic rings. The van der Waals surface area contributed by atoms with Gasteiger partial charge in [-0.25, -0.2) is 14.1 Å². The molecule has 1 saturated heterocycles. The third-order valence-electron chi connectivity index (χ3n) is 5.47. The summed E-state index contributed by atoms with van der Waals surface area (Å²) < 4.78 is 20.7. The fraction of sp³-hybridized carbons (Fsp3) is 0.261. The van der Waals surface area contributed by atoms with Crippen molar-refractivity contribution in [2.45, 2.75) is 26.0 Å². The van der Waals surface area contributed by atoms with Crippen LogP contribution in [0.4, 0.5) is 4.39 Å². The maximum Gasteiger partial charge on any atom is 0.258 e. The molecule has 5 rings (SSSR count). The molecule has 0 radical (unpaired) electrons. The second-order valence-electron chi connectivity index (χ2n) is 7.85. The summed E-state index contributed by atoms with van der Waals surface area (Å²) in [5.41, 5.74) is 2.99. The predicted octanol–water partition coefficient (Wildman–Crippen LogP) is 2.73. The van der Waals surface area contributed by atoms with E-state index in [-0.39, 0.29) is 5.91 Å². The van der Waals surface area contributed by atoms with Crippen LogP contribution in [0.5, 0.6) is 0 Å². The summed E-state index contributed by atoms with van der Waals surface area (Å²) in [6.45, 7) is 3.10. The van der Waals surface area contributed by atoms with Crippen LogP contribution in [-0.2, 0) is 11.2 Å². The number of pyridine rings is 1. The van der Waals surface area contributed by atoms with E-state index in [0.717, 1.165) is 23.7 Å². The number of carbonyl (C=O) groups is 1. The Kier molecular flexibility index (Phi) is 5.66. The van der Waals surface area contributed by atoms with Gasteiger partial charge in [-0.15, -0.1) is 0 Å². The summed E-state index contributed by atoms with van der Waals surface area (Å²) in [6, 6.07) is 8.52. The monoisotopic (exact) mass is 447 g/mol. The number of hydrogen-bond acceptors (Lipinski definition) is 6. The number of hydrogen-bond donors (Lipinski definition) is 0. The Bertz CT molecular complexity index is 1250. The fourth-order valence-corrected chi connectivity index (χ4v) is 3.88. The molecule has 1 atom stereocenters. The van der Waals surface area contributed by atoms with E-state index in [2.05, 4.69) is 20.3 Å². The zero-order valence-corrected chi connectivity index (χ0v) is 18.0. The van der Waals surface area contributed by atoms with Gasteiger partial charge in [-0.05, 0) is 43.2 Å². The average Bonchev–Trinajstić information content (AvgIpc) is 3.52. The Balaban J connectivity index is 1.39. The third kappa shape index (κ3) is 4.37. The SMILES string of the molecule is Cc1ccc(-n2nccn2)c(C(=O)N2CCCO[C@H]2Cc2cnn(-c3ccc(F)cn3)c2)c1. The van der Waals surface area contributed by atoms with Crippen LogP contribution in [0, 0.1) is 12.7 Å². The van der Waals surface area contributed by atoms with E-state index in [1.807, 2.05) is 31.3 Å². The first kappa shape index (κ1) is 21.0. The molecule has 3 aromatic heterocycles. The minimum atomic E-state index is -0.441. The molecule has 0 bridgehead atoms. The zero-order valence-electron chi connectivity index (χ0n) is 18.0. The molecule has 33 heavy (non-hydrogen) atoms. The van der Waals surface area contributed by atoms with Crippen LogP contribution < -0.4 is 0 Å². The molecule has 168 valence electrons. The predicted molar refractivity (Wildman–Crippen MR) is 117 cm³/mol. The van der Waals surface area contributed by atoms with Gasteiger partial charge in [0.05, 0.1) is 42.6 Å². The van der Waals surface area contributed by atoms with E-state index in [1.165, 1.54) is 10.9 Å². The van der Waals surface area contributed by atoms with Gasteiger partial charge in [0.1, 0.15) is 12.0 Å². The molecule has 0 aliphatic carbocycles. The maximum atomic E-state index is 13.6. The van der Waals surface area contributed by atoms with Crippen molar-refractivity contribution in [3.05, 3.63) is 83.8 Å². The normalized spacial score (nSPS) is 16.2. The number of ether oxygens (including phenoxy) is 1. The molecule has 0 unspecified atom stereocenters. The van der Waals surface area contributed by atoms with Gasteiger partial charge in [0.2, 0.25) is 0 Å². The summed E-state index contributed by atoms with van der Waals surface area (Å²) in [4.78, 5) is 20.9. The van der Waals surface area contributed by atoms with E-state index in [9.17, 15) is 9.18 Å². The molecule has 1 fully saturated rings. The molecule has 9 nitrogen and oxygen atoms in total. The number of amides is 1. The molecule has 10 heteroatoms. The van der Waals surface area contributed by atoms with Gasteiger partial charge >= 0.3 is 0 Å². The molecule has 1 aliphatic heterocycles. The first-order valence-electron chi connectivity index (χ1n) is 10.6. The highest BCUT2D eigenvalue weighted by Crippen LogP contribution is 2.23. The van der Waals surface area contributed by atoms with Crippen molar-refractivity contribution in [3.8, 4) is 11.5 Å². The van der Waals surface area contributed by atoms with Gasteiger partial charge in [-0.1, -0.05) is 11.6 Å². The van der Waals surface area contributed by atoms with Gasteiger partial charge < -0.3 is 9.64 Å². The molecular weight excluding hydrogens is 425 g/mol. The summed E-state index contributed by atoms with van der Waals surface area (Å²) in [6.07, 6.45) is 8.60. The summed E-state index contributed by atoms with van der Waals surface area (Å²) in [5, 5.41) is 12.7. The second-order valence-corrected chi connectivity index (χ2v) is 7.85. The Morgan fingerprint density at radius 2 is 2.00 bits per heavy atom. The van der Waals surface area contributed by atoms with E-state index in [1.54, 1.807) is 34.2 Å². The van der Waals surface area contributed by atoms with Crippen LogP contribution in [-0.4, -0.2) is 59.9 Å². The van der Waals surface area contributed by atoms with Crippen molar-refractivity contribution >= 4 is 5.91 Å². The smallest absolute Gasteiger partial charge is 0.258 e. The van der Waals surface area contributed by atoms with Gasteiger partial charge in [0.25, 0.3) is 5.91 Å². The highest BCUT2D eigenvalue weighted by Gasteiger charge is 2.30. The summed E-state index contributed by atoms with van der Waals surface area (Å²) >= 11 is 0. The van der Waals surface area contributed by atoms with Crippen LogP contribution in [0.1, 0.15) is 27.9 Å². The molecule has 0 spiro atoms. The van der Waals surface area contributed by atoms with Crippen LogP contribution in [0.25, 0.3) is 11.5 Å². The number of halogens is 1. The molecule has 1 amide bonds. The quantitative estimate of drug-likeness (QED) is 0.467. The van der Waals surface area contributed by atoms with Crippen molar-refractivity contribution < 1.29 is 13.9 Å². The van der Waals surface area contributed by atoms with Crippen molar-refractivity contribution in [2.75, 3.05) is 13.2 Å². The third-order valence-corrected chi connectivity index (χ3v) is 5.47. The zero-order chi connectivity index (χ0) is 22.8. The van der Waals surface area contributed by atoms with Crippen molar-refractivity contribution in [1.29, 1.82) is 0 Å². The van der Waals surface area contributed by atoms with Crippen molar-refractivity contribution in [2.24, 2.45) is 0 Å². The lowest BCUT2D eigenvalue weighted by molar-refractivity contribution is -0.0761. The molecular formula is C23H22FN7O2. The van der Waals surface area contributed by atoms with E-state index >= 15 is 0 Å². The van der Waals surface area contributed by atoms with Gasteiger partial charge in [-0.2, -0.15) is 20.1 Å². The Morgan fingerprint density at radius 3 is 2.79 bits per heavy atom. The highest BCUT2D eigenvalue weighted by atomic mass is 19.1. The molecule has 0 N–H and O–H groups in total. The number of aryl methyl sites for hydroxylation is 1. The molecule has 4 aromatic rings. The number of benzene rings is 1. The Morgan fingerprint density at radius 1 is 1.15 bits per heavy atom. The van der Waals surface area contributed by atoms with Gasteiger partial charge in [-0.3, -0.25) is 4.79 Å². The van der Waals surface area contributed by atoms with Crippen molar-refractivity contribution in [3.63, 3.8) is 0 Å². The summed E-state index contributed by atoms with van der Waals surface area (Å²) in [5.74, 6) is -0.0312. The summed E-state index contributed by atoms with van der Waals surface area (Å²) in [7, 11) is 0. The first-order chi connectivity index (χ1) is 16.1. The highest BCUT2D eigenvalue weighted by molar-refractivity contribution is 5.98. The number of aromatic nitrogens is 6. The van der Waals surface area contributed by atoms with Crippen molar-refractivity contribution in [1.82, 2.24) is 34.7 Å². The Labute approximate surface area is 189 Å². The van der Waals surface area contributed by atoms with Crippen LogP contribution >= 0.6 is 0 Å². The Hall–Kier alpha value is -3.92. The largest absolute Gasteiger partial charge is 0.358 e. The van der Waals surface area contributed by atoms with Crippen LogP contribution in [0.2, 0.25) is 0 Å². The first-order valence-corrected chi connectivity index (χ1v) is 10.6. The fourth-order valence-electron chi connectivity index (χ4n) is 3.88. The number of carbonyl (C=O) groups excluding carboxylic acids is 1. The maximum absolute atomic E-state index is 13.6. The molecule has 0 saturated carbocycles. The lowest BCUT2D eigenvalue weighted by Gasteiger charge is -2.36. The topological polar surface area (TPSA) is 91.0 Å². The van der Waals surface area contributed by atoms with E-state index in [0.29, 0.717) is 36.6 Å². The van der Waals surface area contributed by atoms with Crippen LogP contribution in [0.3, 0.4) is 0 Å². The lowest BCUT2D eigenvalue weighted by atomic mass is 10.1. The minimum Gasteiger partial charge on any atom is -0.358 e. The number of rotatable bonds is 5. The van der Waals surface area contributed by atoms with Crippen LogP contribution in [0.15, 0.2) is 61.3 Å². The average molecular weight is 447 g/mol. The van der Waals surface area contributed by atoms with Gasteiger partial charge in [0, 0.05) is 19.2 Å². The standard InChI is InChI=1S/C23H22FN7O2/c1-16-3-5-20(31-26-7-8-27-31)19(11-16)23(32)29-9-2-10-33-22(29)12-17-13-28-30(15-17)21-6-4-18(24)14-25-21/h3-8,11,13-15,22H,2,9-10,12H2,1H3/t22-/m0/s1. The molecule has 4 heterocycles. The lowest BCUT2D eigenvalue weighted by Crippen LogP contribution is -2.47.